The number of anilines is 1. The summed E-state index contributed by atoms with van der Waals surface area (Å²) < 4.78 is 5.16. The van der Waals surface area contributed by atoms with Crippen LogP contribution in [0.3, 0.4) is 0 Å². The van der Waals surface area contributed by atoms with E-state index in [1.807, 2.05) is 12.1 Å². The highest BCUT2D eigenvalue weighted by molar-refractivity contribution is 5.48. The molecule has 1 aliphatic carbocycles. The van der Waals surface area contributed by atoms with Gasteiger partial charge in [0, 0.05) is 25.3 Å². The lowest BCUT2D eigenvalue weighted by Gasteiger charge is -2.25. The predicted octanol–water partition coefficient (Wildman–Crippen LogP) is 2.26. The van der Waals surface area contributed by atoms with Gasteiger partial charge in [0.25, 0.3) is 0 Å². The Morgan fingerprint density at radius 3 is 2.53 bits per heavy atom. The zero-order valence-electron chi connectivity index (χ0n) is 10.7. The molecule has 2 N–H and O–H groups in total. The van der Waals surface area contributed by atoms with Gasteiger partial charge in [0.15, 0.2) is 0 Å². The summed E-state index contributed by atoms with van der Waals surface area (Å²) in [5, 5.41) is 0. The Hall–Kier alpha value is -1.22. The second-order valence-corrected chi connectivity index (χ2v) is 4.93. The Labute approximate surface area is 104 Å². The molecule has 1 fully saturated rings. The van der Waals surface area contributed by atoms with Gasteiger partial charge in [-0.3, -0.25) is 0 Å². The van der Waals surface area contributed by atoms with Crippen molar-refractivity contribution in [3.63, 3.8) is 0 Å². The van der Waals surface area contributed by atoms with E-state index in [-0.39, 0.29) is 0 Å². The molecule has 2 unspecified atom stereocenters. The first kappa shape index (κ1) is 12.2. The maximum Gasteiger partial charge on any atom is 0.119 e. The van der Waals surface area contributed by atoms with E-state index >= 15 is 0 Å². The number of hydrogen-bond acceptors (Lipinski definition) is 3. The molecule has 0 amide bonds. The molecule has 1 aromatic carbocycles. The second-order valence-electron chi connectivity index (χ2n) is 4.93. The van der Waals surface area contributed by atoms with Crippen LogP contribution in [0.4, 0.5) is 5.69 Å². The predicted molar refractivity (Wildman–Crippen MR) is 71.6 cm³/mol. The van der Waals surface area contributed by atoms with Crippen molar-refractivity contribution in [2.45, 2.75) is 25.3 Å². The van der Waals surface area contributed by atoms with Crippen molar-refractivity contribution in [1.82, 2.24) is 0 Å². The molecule has 2 rings (SSSR count). The summed E-state index contributed by atoms with van der Waals surface area (Å²) in [5.41, 5.74) is 7.33. The molecule has 0 radical (unpaired) electrons. The van der Waals surface area contributed by atoms with Gasteiger partial charge in [-0.2, -0.15) is 0 Å². The summed E-state index contributed by atoms with van der Waals surface area (Å²) in [5.74, 6) is 1.54. The highest BCUT2D eigenvalue weighted by Crippen LogP contribution is 2.26. The van der Waals surface area contributed by atoms with Crippen LogP contribution in [0.2, 0.25) is 0 Å². The van der Waals surface area contributed by atoms with Gasteiger partial charge in [-0.15, -0.1) is 0 Å². The maximum atomic E-state index is 6.10. The van der Waals surface area contributed by atoms with Crippen molar-refractivity contribution in [3.8, 4) is 5.75 Å². The van der Waals surface area contributed by atoms with Gasteiger partial charge in [-0.1, -0.05) is 6.42 Å². The number of benzene rings is 1. The van der Waals surface area contributed by atoms with Crippen molar-refractivity contribution in [3.05, 3.63) is 24.3 Å². The smallest absolute Gasteiger partial charge is 0.119 e. The van der Waals surface area contributed by atoms with Crippen molar-refractivity contribution in [2.75, 3.05) is 25.6 Å². The molecule has 0 aromatic heterocycles. The van der Waals surface area contributed by atoms with E-state index in [0.717, 1.165) is 12.3 Å². The van der Waals surface area contributed by atoms with Gasteiger partial charge in [0.2, 0.25) is 0 Å². The zero-order chi connectivity index (χ0) is 12.3. The van der Waals surface area contributed by atoms with E-state index < -0.39 is 0 Å². The summed E-state index contributed by atoms with van der Waals surface area (Å²) in [6.07, 6.45) is 3.73. The van der Waals surface area contributed by atoms with Crippen LogP contribution in [0.25, 0.3) is 0 Å². The minimum Gasteiger partial charge on any atom is -0.497 e. The minimum atomic E-state index is 0.385. The Balaban J connectivity index is 1.96. The van der Waals surface area contributed by atoms with Crippen LogP contribution in [0, 0.1) is 5.92 Å². The lowest BCUT2D eigenvalue weighted by Crippen LogP contribution is -2.34. The molecule has 3 heteroatoms. The molecule has 0 saturated heterocycles. The van der Waals surface area contributed by atoms with E-state index in [2.05, 4.69) is 24.1 Å². The molecule has 0 spiro atoms. The SMILES string of the molecule is COc1ccc(N(C)CC2CCCC2N)cc1. The van der Waals surface area contributed by atoms with Gasteiger partial charge < -0.3 is 15.4 Å². The Morgan fingerprint density at radius 1 is 1.29 bits per heavy atom. The number of methoxy groups -OCH3 is 1. The summed E-state index contributed by atoms with van der Waals surface area (Å²) in [6.45, 7) is 1.05. The van der Waals surface area contributed by atoms with E-state index in [9.17, 15) is 0 Å². The monoisotopic (exact) mass is 234 g/mol. The molecule has 17 heavy (non-hydrogen) atoms. The Kier molecular flexibility index (Phi) is 3.89. The molecule has 3 nitrogen and oxygen atoms in total. The summed E-state index contributed by atoms with van der Waals surface area (Å²) in [7, 11) is 3.82. The van der Waals surface area contributed by atoms with Crippen LogP contribution in [-0.2, 0) is 0 Å². The third-order valence-electron chi connectivity index (χ3n) is 3.74. The van der Waals surface area contributed by atoms with Crippen molar-refractivity contribution in [2.24, 2.45) is 11.7 Å². The first-order valence-electron chi connectivity index (χ1n) is 6.31. The van der Waals surface area contributed by atoms with Gasteiger partial charge in [-0.05, 0) is 43.0 Å². The van der Waals surface area contributed by atoms with Crippen molar-refractivity contribution < 1.29 is 4.74 Å². The second kappa shape index (κ2) is 5.41. The van der Waals surface area contributed by atoms with Crippen LogP contribution < -0.4 is 15.4 Å². The van der Waals surface area contributed by atoms with Crippen molar-refractivity contribution >= 4 is 5.69 Å². The molecule has 1 saturated carbocycles. The number of nitrogens with two attached hydrogens (primary N) is 1. The highest BCUT2D eigenvalue weighted by Gasteiger charge is 2.24. The van der Waals surface area contributed by atoms with Crippen molar-refractivity contribution in [1.29, 1.82) is 0 Å². The summed E-state index contributed by atoms with van der Waals surface area (Å²) >= 11 is 0. The molecule has 0 aliphatic heterocycles. The standard InChI is InChI=1S/C14H22N2O/c1-16(10-11-4-3-5-14(11)15)12-6-8-13(17-2)9-7-12/h6-9,11,14H,3-5,10,15H2,1-2H3. The third kappa shape index (κ3) is 2.91. The maximum absolute atomic E-state index is 6.10. The average Bonchev–Trinajstić information content (AvgIpc) is 2.75. The summed E-state index contributed by atoms with van der Waals surface area (Å²) in [6, 6.07) is 8.58. The Morgan fingerprint density at radius 2 is 2.00 bits per heavy atom. The normalized spacial score (nSPS) is 23.7. The molecule has 2 atom stereocenters. The molecular formula is C14H22N2O. The lowest BCUT2D eigenvalue weighted by molar-refractivity contribution is 0.414. The van der Waals surface area contributed by atoms with Crippen LogP contribution >= 0.6 is 0 Å². The molecule has 1 aliphatic rings. The van der Waals surface area contributed by atoms with Crippen LogP contribution in [0.1, 0.15) is 19.3 Å². The van der Waals surface area contributed by atoms with Gasteiger partial charge in [0.1, 0.15) is 5.75 Å². The van der Waals surface area contributed by atoms with Crippen LogP contribution in [0.5, 0.6) is 5.75 Å². The van der Waals surface area contributed by atoms with E-state index in [0.29, 0.717) is 12.0 Å². The number of rotatable bonds is 4. The lowest BCUT2D eigenvalue weighted by atomic mass is 10.0. The largest absolute Gasteiger partial charge is 0.497 e. The van der Waals surface area contributed by atoms with E-state index in [1.165, 1.54) is 24.9 Å². The molecule has 94 valence electrons. The topological polar surface area (TPSA) is 38.5 Å². The fourth-order valence-corrected chi connectivity index (χ4v) is 2.59. The van der Waals surface area contributed by atoms with E-state index in [1.54, 1.807) is 7.11 Å². The first-order chi connectivity index (χ1) is 8.20. The molecule has 1 aromatic rings. The van der Waals surface area contributed by atoms with Gasteiger partial charge in [-0.25, -0.2) is 0 Å². The Bertz CT molecular complexity index is 350. The average molecular weight is 234 g/mol. The van der Waals surface area contributed by atoms with Crippen LogP contribution in [0.15, 0.2) is 24.3 Å². The third-order valence-corrected chi connectivity index (χ3v) is 3.74. The minimum absolute atomic E-state index is 0.385. The molecule has 0 bridgehead atoms. The fourth-order valence-electron chi connectivity index (χ4n) is 2.59. The van der Waals surface area contributed by atoms with E-state index in [4.69, 9.17) is 10.5 Å². The number of nitrogens with zero attached hydrogens (tertiary/aromatic N) is 1. The first-order valence-corrected chi connectivity index (χ1v) is 6.31. The number of hydrogen-bond donors (Lipinski definition) is 1. The zero-order valence-corrected chi connectivity index (χ0v) is 10.7. The number of ether oxygens (including phenoxy) is 1. The highest BCUT2D eigenvalue weighted by atomic mass is 16.5. The quantitative estimate of drug-likeness (QED) is 0.868. The fraction of sp³-hybridized carbons (Fsp3) is 0.571. The molecule has 0 heterocycles. The molecular weight excluding hydrogens is 212 g/mol. The summed E-state index contributed by atoms with van der Waals surface area (Å²) in [4.78, 5) is 2.29. The van der Waals surface area contributed by atoms with Gasteiger partial charge >= 0.3 is 0 Å². The van der Waals surface area contributed by atoms with Crippen LogP contribution in [-0.4, -0.2) is 26.7 Å². The van der Waals surface area contributed by atoms with Gasteiger partial charge in [0.05, 0.1) is 7.11 Å².